The van der Waals surface area contributed by atoms with Gasteiger partial charge < -0.3 is 42.2 Å². The Bertz CT molecular complexity index is 116. The average molecular weight is 553 g/mol. The summed E-state index contributed by atoms with van der Waals surface area (Å²) in [6, 6.07) is 0. The molecular formula is Dy2O9Si3. The molecule has 0 aromatic heterocycles. The predicted octanol–water partition coefficient (Wildman–Crippen LogP) is -8.63. The van der Waals surface area contributed by atoms with Gasteiger partial charge in [0.1, 0.15) is 0 Å². The third-order valence-electron chi connectivity index (χ3n) is 0. The fraction of sp³-hybridized carbons (Fsp3) is 0. The van der Waals surface area contributed by atoms with Gasteiger partial charge in [0.25, 0.3) is 0 Å². The summed E-state index contributed by atoms with van der Waals surface area (Å²) >= 11 is 0. The fourth-order valence-corrected chi connectivity index (χ4v) is 0. The molecule has 0 spiro atoms. The van der Waals surface area contributed by atoms with Crippen LogP contribution in [0.5, 0.6) is 0 Å². The van der Waals surface area contributed by atoms with Crippen molar-refractivity contribution in [3.8, 4) is 0 Å². The molecule has 0 bridgehead atoms. The molecule has 0 saturated carbocycles. The van der Waals surface area contributed by atoms with Crippen LogP contribution in [-0.4, -0.2) is 27.5 Å². The van der Waals surface area contributed by atoms with Crippen molar-refractivity contribution in [2.45, 2.75) is 0 Å². The maximum atomic E-state index is 8.52. The minimum Gasteiger partial charge on any atom is -0.672 e. The molecule has 9 nitrogen and oxygen atoms in total. The van der Waals surface area contributed by atoms with Crippen molar-refractivity contribution >= 4 is 27.5 Å². The molecule has 0 aliphatic heterocycles. The van der Waals surface area contributed by atoms with Gasteiger partial charge in [0.2, 0.25) is 0 Å². The second-order valence-electron chi connectivity index (χ2n) is 0.750. The molecule has 0 heterocycles. The van der Waals surface area contributed by atoms with Crippen molar-refractivity contribution in [1.82, 2.24) is 0 Å². The van der Waals surface area contributed by atoms with Crippen LogP contribution in [0.2, 0.25) is 0 Å². The SMILES string of the molecule is O=[Si]([O-])[O-].O=[Si]([O-])[O-].O=[Si]([O-])[O-].[Dy+3].[Dy+3]. The molecule has 0 aliphatic carbocycles. The normalized spacial score (nSPS) is 5.14. The van der Waals surface area contributed by atoms with Crippen LogP contribution in [0.25, 0.3) is 0 Å². The standard InChI is InChI=1S/2Dy.3O3Si/c;;3*1-4(2)3/q2*+3;3*-2. The van der Waals surface area contributed by atoms with E-state index >= 15 is 0 Å². The van der Waals surface area contributed by atoms with Crippen molar-refractivity contribution in [2.24, 2.45) is 0 Å². The van der Waals surface area contributed by atoms with Crippen LogP contribution in [0.15, 0.2) is 0 Å². The van der Waals surface area contributed by atoms with Gasteiger partial charge in [-0.2, -0.15) is 0 Å². The summed E-state index contributed by atoms with van der Waals surface area (Å²) in [4.78, 5) is 51.1. The quantitative estimate of drug-likeness (QED) is 0.262. The number of hydrogen-bond donors (Lipinski definition) is 0. The first-order valence-electron chi connectivity index (χ1n) is 1.84. The monoisotopic (exact) mass is 556 g/mol. The third kappa shape index (κ3) is 1060. The van der Waals surface area contributed by atoms with Crippen molar-refractivity contribution in [3.05, 3.63) is 0 Å². The van der Waals surface area contributed by atoms with E-state index in [-0.39, 0.29) is 76.3 Å². The Balaban J connectivity index is -0.0000000270. The van der Waals surface area contributed by atoms with E-state index < -0.39 is 27.5 Å². The zero-order chi connectivity index (χ0) is 10.7. The van der Waals surface area contributed by atoms with Crippen molar-refractivity contribution in [3.63, 3.8) is 0 Å². The van der Waals surface area contributed by atoms with E-state index in [9.17, 15) is 0 Å². The summed E-state index contributed by atoms with van der Waals surface area (Å²) in [6.07, 6.45) is 0. The van der Waals surface area contributed by atoms with E-state index in [2.05, 4.69) is 0 Å². The van der Waals surface area contributed by atoms with E-state index in [1.54, 1.807) is 0 Å². The van der Waals surface area contributed by atoms with Gasteiger partial charge >= 0.3 is 76.3 Å². The molecule has 0 amide bonds. The molecule has 0 atom stereocenters. The van der Waals surface area contributed by atoms with E-state index in [0.717, 1.165) is 0 Å². The molecule has 14 heteroatoms. The van der Waals surface area contributed by atoms with Gasteiger partial charge in [-0.1, -0.05) is 0 Å². The van der Waals surface area contributed by atoms with E-state index in [1.807, 2.05) is 0 Å². The number of rotatable bonds is 0. The predicted molar refractivity (Wildman–Crippen MR) is 19.3 cm³/mol. The molecule has 14 heavy (non-hydrogen) atoms. The molecule has 0 aromatic rings. The Morgan fingerprint density at radius 1 is 0.500 bits per heavy atom. The summed E-state index contributed by atoms with van der Waals surface area (Å²) in [6.45, 7) is 0. The Hall–Kier alpha value is 1.40. The topological polar surface area (TPSA) is 190 Å². The minimum atomic E-state index is -3.63. The van der Waals surface area contributed by atoms with Gasteiger partial charge in [0.15, 0.2) is 0 Å². The van der Waals surface area contributed by atoms with Crippen molar-refractivity contribution in [2.75, 3.05) is 0 Å². The Morgan fingerprint density at radius 3 is 0.500 bits per heavy atom. The first-order valence-corrected chi connectivity index (χ1v) is 5.51. The third-order valence-corrected chi connectivity index (χ3v) is 0. The van der Waals surface area contributed by atoms with Gasteiger partial charge in [0, 0.05) is 27.5 Å². The van der Waals surface area contributed by atoms with E-state index in [4.69, 9.17) is 42.2 Å². The smallest absolute Gasteiger partial charge is 0.672 e. The second-order valence-corrected chi connectivity index (χ2v) is 2.25. The zero-order valence-corrected chi connectivity index (χ0v) is 12.9. The number of hydrogen-bond acceptors (Lipinski definition) is 9. The molecule has 0 aromatic carbocycles. The van der Waals surface area contributed by atoms with Crippen molar-refractivity contribution < 1.29 is 119 Å². The van der Waals surface area contributed by atoms with Gasteiger partial charge in [0.05, 0.1) is 0 Å². The van der Waals surface area contributed by atoms with Gasteiger partial charge in [-0.25, -0.2) is 0 Å². The van der Waals surface area contributed by atoms with E-state index in [1.165, 1.54) is 0 Å². The van der Waals surface area contributed by atoms with Crippen LogP contribution >= 0.6 is 0 Å². The van der Waals surface area contributed by atoms with Crippen LogP contribution < -0.4 is 28.8 Å². The van der Waals surface area contributed by atoms with Crippen LogP contribution in [0.4, 0.5) is 0 Å². The Kier molecular flexibility index (Phi) is 50.4. The summed E-state index contributed by atoms with van der Waals surface area (Å²) in [5.41, 5.74) is 0. The zero-order valence-electron chi connectivity index (χ0n) is 5.81. The Labute approximate surface area is 144 Å². The molecule has 0 N–H and O–H groups in total. The van der Waals surface area contributed by atoms with Crippen molar-refractivity contribution in [1.29, 1.82) is 0 Å². The maximum absolute atomic E-state index is 8.52. The van der Waals surface area contributed by atoms with Crippen LogP contribution in [0.1, 0.15) is 0 Å². The second kappa shape index (κ2) is 23.9. The molecule has 0 rings (SSSR count). The fourth-order valence-electron chi connectivity index (χ4n) is 0. The maximum Gasteiger partial charge on any atom is 3.00 e. The molecule has 0 saturated heterocycles. The molecule has 0 unspecified atom stereocenters. The summed E-state index contributed by atoms with van der Waals surface area (Å²) in [5, 5.41) is 0. The summed E-state index contributed by atoms with van der Waals surface area (Å²) < 4.78 is 25.6. The molecule has 86 valence electrons. The van der Waals surface area contributed by atoms with E-state index in [0.29, 0.717) is 0 Å². The first kappa shape index (κ1) is 29.5. The molecule has 0 fully saturated rings. The average Bonchev–Trinajstić information content (AvgIpc) is 1.54. The largest absolute Gasteiger partial charge is 3.00 e. The van der Waals surface area contributed by atoms with Gasteiger partial charge in [-0.15, -0.1) is 0 Å². The van der Waals surface area contributed by atoms with Gasteiger partial charge in [-0.3, -0.25) is 0 Å². The molecule has 2 radical (unpaired) electrons. The summed E-state index contributed by atoms with van der Waals surface area (Å²) in [5.74, 6) is 0. The first-order chi connectivity index (χ1) is 5.20. The molecular weight excluding hydrogens is 553 g/mol. The van der Waals surface area contributed by atoms with Crippen LogP contribution in [0.3, 0.4) is 0 Å². The van der Waals surface area contributed by atoms with Crippen LogP contribution in [-0.2, 0) is 13.4 Å². The van der Waals surface area contributed by atoms with Crippen LogP contribution in [0, 0.1) is 76.3 Å². The van der Waals surface area contributed by atoms with Gasteiger partial charge in [-0.05, 0) is 0 Å². The minimum absolute atomic E-state index is 0. The summed E-state index contributed by atoms with van der Waals surface area (Å²) in [7, 11) is -10.9. The Morgan fingerprint density at radius 2 is 0.500 bits per heavy atom. The molecule has 0 aliphatic rings.